The minimum absolute atomic E-state index is 0.0416. The summed E-state index contributed by atoms with van der Waals surface area (Å²) in [6.07, 6.45) is 0. The lowest BCUT2D eigenvalue weighted by atomic mass is 10.0. The Balaban J connectivity index is 2.19. The molecule has 3 aromatic rings. The van der Waals surface area contributed by atoms with Crippen LogP contribution in [0, 0.1) is 6.92 Å². The summed E-state index contributed by atoms with van der Waals surface area (Å²) in [5.74, 6) is 0.0416. The number of ketones is 1. The Morgan fingerprint density at radius 1 is 0.889 bits per heavy atom. The molecular weight excluding hydrogens is 222 g/mol. The van der Waals surface area contributed by atoms with E-state index >= 15 is 0 Å². The average Bonchev–Trinajstić information content (AvgIpc) is 2.77. The fourth-order valence-corrected chi connectivity index (χ4v) is 2.26. The van der Waals surface area contributed by atoms with E-state index in [2.05, 4.69) is 4.98 Å². The zero-order valence-corrected chi connectivity index (χ0v) is 10.1. The molecule has 18 heavy (non-hydrogen) atoms. The standard InChI is InChI=1S/C16H13NO/c1-11-13-9-5-6-10-14(13)15(17-11)16(18)12-7-3-2-4-8-12/h2-10,17H,1H3. The molecule has 0 saturated heterocycles. The number of hydrogen-bond donors (Lipinski definition) is 1. The molecule has 0 fully saturated rings. The van der Waals surface area contributed by atoms with Gasteiger partial charge in [0.05, 0.1) is 5.69 Å². The molecule has 1 aromatic heterocycles. The number of carbonyl (C=O) groups excluding carboxylic acids is 1. The largest absolute Gasteiger partial charge is 0.355 e. The van der Waals surface area contributed by atoms with Gasteiger partial charge >= 0.3 is 0 Å². The lowest BCUT2D eigenvalue weighted by Gasteiger charge is -1.99. The Bertz CT molecular complexity index is 710. The number of aryl methyl sites for hydroxylation is 1. The Kier molecular flexibility index (Phi) is 2.49. The highest BCUT2D eigenvalue weighted by atomic mass is 16.1. The van der Waals surface area contributed by atoms with Gasteiger partial charge in [-0.1, -0.05) is 54.6 Å². The highest BCUT2D eigenvalue weighted by Gasteiger charge is 2.15. The van der Waals surface area contributed by atoms with Gasteiger partial charge in [-0.05, 0) is 6.92 Å². The van der Waals surface area contributed by atoms with Crippen molar-refractivity contribution < 1.29 is 4.79 Å². The summed E-state index contributed by atoms with van der Waals surface area (Å²) in [5.41, 5.74) is 2.42. The first kappa shape index (κ1) is 10.8. The third-order valence-electron chi connectivity index (χ3n) is 3.18. The molecular formula is C16H13NO. The zero-order chi connectivity index (χ0) is 12.5. The van der Waals surface area contributed by atoms with Crippen molar-refractivity contribution in [3.05, 3.63) is 71.5 Å². The summed E-state index contributed by atoms with van der Waals surface area (Å²) in [4.78, 5) is 15.6. The van der Waals surface area contributed by atoms with Gasteiger partial charge in [0.25, 0.3) is 0 Å². The first-order chi connectivity index (χ1) is 8.77. The fourth-order valence-electron chi connectivity index (χ4n) is 2.26. The van der Waals surface area contributed by atoms with Crippen LogP contribution in [-0.4, -0.2) is 10.8 Å². The first-order valence-corrected chi connectivity index (χ1v) is 5.94. The van der Waals surface area contributed by atoms with Gasteiger partial charge in [-0.3, -0.25) is 4.79 Å². The Labute approximate surface area is 105 Å². The van der Waals surface area contributed by atoms with E-state index < -0.39 is 0 Å². The molecule has 2 nitrogen and oxygen atoms in total. The van der Waals surface area contributed by atoms with E-state index in [9.17, 15) is 4.79 Å². The molecule has 1 heterocycles. The number of fused-ring (bicyclic) bond motifs is 1. The van der Waals surface area contributed by atoms with Crippen molar-refractivity contribution in [3.63, 3.8) is 0 Å². The monoisotopic (exact) mass is 235 g/mol. The zero-order valence-electron chi connectivity index (χ0n) is 10.1. The lowest BCUT2D eigenvalue weighted by molar-refractivity contribution is 0.103. The van der Waals surface area contributed by atoms with Crippen molar-refractivity contribution >= 4 is 16.6 Å². The topological polar surface area (TPSA) is 32.9 Å². The maximum absolute atomic E-state index is 12.4. The minimum atomic E-state index is 0.0416. The van der Waals surface area contributed by atoms with Gasteiger partial charge in [-0.15, -0.1) is 0 Å². The number of benzene rings is 2. The summed E-state index contributed by atoms with van der Waals surface area (Å²) < 4.78 is 0. The minimum Gasteiger partial charge on any atom is -0.355 e. The molecule has 2 heteroatoms. The smallest absolute Gasteiger partial charge is 0.209 e. The number of hydrogen-bond acceptors (Lipinski definition) is 1. The third kappa shape index (κ3) is 1.63. The van der Waals surface area contributed by atoms with Crippen molar-refractivity contribution in [2.45, 2.75) is 6.92 Å². The Morgan fingerprint density at radius 2 is 1.50 bits per heavy atom. The van der Waals surface area contributed by atoms with E-state index in [0.717, 1.165) is 16.5 Å². The number of H-pyrrole nitrogens is 1. The van der Waals surface area contributed by atoms with E-state index in [1.54, 1.807) is 0 Å². The van der Waals surface area contributed by atoms with Gasteiger partial charge in [0, 0.05) is 22.0 Å². The highest BCUT2D eigenvalue weighted by molar-refractivity contribution is 6.16. The summed E-state index contributed by atoms with van der Waals surface area (Å²) in [7, 11) is 0. The highest BCUT2D eigenvalue weighted by Crippen LogP contribution is 2.23. The third-order valence-corrected chi connectivity index (χ3v) is 3.18. The van der Waals surface area contributed by atoms with Crippen LogP contribution in [0.4, 0.5) is 0 Å². The van der Waals surface area contributed by atoms with Crippen LogP contribution in [0.3, 0.4) is 0 Å². The summed E-state index contributed by atoms with van der Waals surface area (Å²) in [5, 5.41) is 2.10. The van der Waals surface area contributed by atoms with Gasteiger partial charge in [0.2, 0.25) is 5.78 Å². The van der Waals surface area contributed by atoms with Crippen molar-refractivity contribution in [2.75, 3.05) is 0 Å². The Morgan fingerprint density at radius 3 is 2.22 bits per heavy atom. The van der Waals surface area contributed by atoms with Gasteiger partial charge in [0.15, 0.2) is 0 Å². The maximum Gasteiger partial charge on any atom is 0.209 e. The van der Waals surface area contributed by atoms with Crippen LogP contribution < -0.4 is 0 Å². The summed E-state index contributed by atoms with van der Waals surface area (Å²) in [6, 6.07) is 17.3. The van der Waals surface area contributed by atoms with Gasteiger partial charge in [-0.25, -0.2) is 0 Å². The SMILES string of the molecule is Cc1[nH]c(C(=O)c2ccccc2)c2ccccc12. The number of carbonyl (C=O) groups is 1. The molecule has 0 aliphatic heterocycles. The molecule has 1 N–H and O–H groups in total. The van der Waals surface area contributed by atoms with Crippen LogP contribution in [0.2, 0.25) is 0 Å². The molecule has 2 aromatic carbocycles. The van der Waals surface area contributed by atoms with Crippen LogP contribution in [0.5, 0.6) is 0 Å². The predicted molar refractivity (Wildman–Crippen MR) is 72.9 cm³/mol. The van der Waals surface area contributed by atoms with Crippen LogP contribution >= 0.6 is 0 Å². The number of aromatic nitrogens is 1. The first-order valence-electron chi connectivity index (χ1n) is 5.94. The number of rotatable bonds is 2. The molecule has 0 radical (unpaired) electrons. The molecule has 0 atom stereocenters. The van der Waals surface area contributed by atoms with Crippen LogP contribution in [0.25, 0.3) is 10.8 Å². The second-order valence-corrected chi connectivity index (χ2v) is 4.37. The van der Waals surface area contributed by atoms with Crippen molar-refractivity contribution in [1.29, 1.82) is 0 Å². The summed E-state index contributed by atoms with van der Waals surface area (Å²) >= 11 is 0. The molecule has 88 valence electrons. The average molecular weight is 235 g/mol. The van der Waals surface area contributed by atoms with Gasteiger partial charge in [-0.2, -0.15) is 0 Å². The fraction of sp³-hybridized carbons (Fsp3) is 0.0625. The normalized spacial score (nSPS) is 10.7. The molecule has 0 spiro atoms. The van der Waals surface area contributed by atoms with Crippen molar-refractivity contribution in [1.82, 2.24) is 4.98 Å². The van der Waals surface area contributed by atoms with Crippen molar-refractivity contribution in [2.24, 2.45) is 0 Å². The van der Waals surface area contributed by atoms with E-state index in [0.29, 0.717) is 11.3 Å². The summed E-state index contributed by atoms with van der Waals surface area (Å²) in [6.45, 7) is 1.99. The van der Waals surface area contributed by atoms with Crippen LogP contribution in [-0.2, 0) is 0 Å². The molecule has 0 saturated carbocycles. The molecule has 0 unspecified atom stereocenters. The molecule has 0 aliphatic rings. The van der Waals surface area contributed by atoms with E-state index in [1.165, 1.54) is 0 Å². The quantitative estimate of drug-likeness (QED) is 0.675. The predicted octanol–water partition coefficient (Wildman–Crippen LogP) is 3.71. The van der Waals surface area contributed by atoms with E-state index in [-0.39, 0.29) is 5.78 Å². The van der Waals surface area contributed by atoms with E-state index in [1.807, 2.05) is 61.5 Å². The second-order valence-electron chi connectivity index (χ2n) is 4.37. The van der Waals surface area contributed by atoms with Crippen LogP contribution in [0.1, 0.15) is 21.7 Å². The van der Waals surface area contributed by atoms with Gasteiger partial charge < -0.3 is 4.98 Å². The van der Waals surface area contributed by atoms with E-state index in [4.69, 9.17) is 0 Å². The molecule has 0 amide bonds. The Hall–Kier alpha value is -2.35. The van der Waals surface area contributed by atoms with Crippen molar-refractivity contribution in [3.8, 4) is 0 Å². The number of aromatic amines is 1. The van der Waals surface area contributed by atoms with Crippen LogP contribution in [0.15, 0.2) is 54.6 Å². The lowest BCUT2D eigenvalue weighted by Crippen LogP contribution is -2.01. The number of nitrogens with one attached hydrogen (secondary N) is 1. The second kappa shape index (κ2) is 4.15. The molecule has 0 aliphatic carbocycles. The molecule has 3 rings (SSSR count). The maximum atomic E-state index is 12.4. The molecule has 0 bridgehead atoms. The van der Waals surface area contributed by atoms with Gasteiger partial charge in [0.1, 0.15) is 0 Å².